The van der Waals surface area contributed by atoms with Gasteiger partial charge in [-0.15, -0.1) is 13.2 Å². The first kappa shape index (κ1) is 141. The van der Waals surface area contributed by atoms with Gasteiger partial charge in [0.25, 0.3) is 0 Å². The predicted molar refractivity (Wildman–Crippen MR) is 420 cm³/mol. The number of aryl methyl sites for hydroxylation is 4. The van der Waals surface area contributed by atoms with E-state index in [1.54, 1.807) is 61.6 Å². The van der Waals surface area contributed by atoms with Gasteiger partial charge in [0.05, 0.1) is 0 Å². The molecular formula is C85H121N4Y7-7. The van der Waals surface area contributed by atoms with Gasteiger partial charge in [-0.2, -0.15) is 0 Å². The van der Waals surface area contributed by atoms with Gasteiger partial charge >= 0.3 is 0 Å². The first-order chi connectivity index (χ1) is 38.7. The molecule has 0 atom stereocenters. The molecule has 11 heteroatoms. The molecule has 4 aromatic heterocycles. The number of benzene rings is 4. The summed E-state index contributed by atoms with van der Waals surface area (Å²) in [4.78, 5) is 15.6. The van der Waals surface area contributed by atoms with Crippen LogP contribution < -0.4 is 0 Å². The van der Waals surface area contributed by atoms with Crippen LogP contribution in [0.3, 0.4) is 0 Å². The molecule has 0 fully saturated rings. The Balaban J connectivity index is -0.0000000435. The van der Waals surface area contributed by atoms with Crippen molar-refractivity contribution in [3.8, 4) is 0 Å². The summed E-state index contributed by atoms with van der Waals surface area (Å²) in [6, 6.07) is 48.7. The van der Waals surface area contributed by atoms with Crippen LogP contribution in [-0.2, 0) is 229 Å². The topological polar surface area (TPSA) is 51.6 Å². The van der Waals surface area contributed by atoms with Crippen molar-refractivity contribution in [1.82, 2.24) is 19.9 Å². The molecule has 0 aliphatic heterocycles. The fourth-order valence-electron chi connectivity index (χ4n) is 5.50. The Labute approximate surface area is 772 Å². The molecule has 96 heavy (non-hydrogen) atoms. The summed E-state index contributed by atoms with van der Waals surface area (Å²) >= 11 is 0. The van der Waals surface area contributed by atoms with Crippen LogP contribution in [0.5, 0.6) is 0 Å². The minimum absolute atomic E-state index is 0. The van der Waals surface area contributed by atoms with Gasteiger partial charge in [0.1, 0.15) is 0 Å². The summed E-state index contributed by atoms with van der Waals surface area (Å²) in [5.74, 6) is 0. The van der Waals surface area contributed by atoms with Gasteiger partial charge in [-0.05, 0) is 163 Å². The normalized spacial score (nSPS) is 7.22. The molecule has 0 spiro atoms. The third kappa shape index (κ3) is 86.8. The fourth-order valence-corrected chi connectivity index (χ4v) is 5.50. The zero-order valence-electron chi connectivity index (χ0n) is 62.8. The summed E-state index contributed by atoms with van der Waals surface area (Å²) in [7, 11) is 0. The van der Waals surface area contributed by atoms with Crippen LogP contribution >= 0.6 is 0 Å². The van der Waals surface area contributed by atoms with Crippen molar-refractivity contribution in [1.29, 1.82) is 0 Å². The van der Waals surface area contributed by atoms with Crippen molar-refractivity contribution in [2.24, 2.45) is 0 Å². The van der Waals surface area contributed by atoms with E-state index in [4.69, 9.17) is 0 Å². The van der Waals surface area contributed by atoms with Crippen molar-refractivity contribution in [3.63, 3.8) is 0 Å². The molecule has 0 aliphatic carbocycles. The van der Waals surface area contributed by atoms with Gasteiger partial charge in [-0.25, -0.2) is 0 Å². The second kappa shape index (κ2) is 97.8. The van der Waals surface area contributed by atoms with E-state index in [2.05, 4.69) is 198 Å². The minimum atomic E-state index is 0. The Morgan fingerprint density at radius 1 is 0.302 bits per heavy atom. The van der Waals surface area contributed by atoms with E-state index < -0.39 is 0 Å². The molecule has 7 radical (unpaired) electrons. The SMILES string of the molecule is C.C=C(C)C.C=C(C)c1ccc(C)cc1.C=C(C)c1cccc(C)c1.C=C(C)c1cccnc1.C=C(C)c1ccncc1.C=CC.C=Cc1ccc(C)cc1.C=Cc1cccc(C)c1.C=Cc1cccnc1.C=Cc1ccncc1.CC.[CH3-].[CH3-].[CH3-].[CH3-].[CH3-].[CH3-].[CH3-].[Y].[Y].[Y].[Y].[Y].[Y].[Y]. The zero-order valence-corrected chi connectivity index (χ0v) is 82.6. The van der Waals surface area contributed by atoms with Gasteiger partial charge in [0.15, 0.2) is 0 Å². The molecule has 509 valence electrons. The summed E-state index contributed by atoms with van der Waals surface area (Å²) in [6.45, 7) is 62.9. The van der Waals surface area contributed by atoms with Crippen molar-refractivity contribution in [2.45, 2.75) is 97.4 Å². The van der Waals surface area contributed by atoms with E-state index in [9.17, 15) is 0 Å². The molecule has 0 unspecified atom stereocenters. The number of pyridine rings is 4. The van der Waals surface area contributed by atoms with Gasteiger partial charge in [-0.3, -0.25) is 19.9 Å². The second-order valence-electron chi connectivity index (χ2n) is 18.2. The Morgan fingerprint density at radius 3 is 0.844 bits per heavy atom. The van der Waals surface area contributed by atoms with E-state index in [1.807, 2.05) is 141 Å². The number of hydrogen-bond acceptors (Lipinski definition) is 4. The molecule has 0 bridgehead atoms. The fraction of sp³-hybridized carbons (Fsp3) is 0.165. The van der Waals surface area contributed by atoms with Crippen LogP contribution in [-0.4, -0.2) is 19.9 Å². The molecule has 4 nitrogen and oxygen atoms in total. The van der Waals surface area contributed by atoms with Gasteiger partial charge in [-0.1, -0.05) is 258 Å². The maximum absolute atomic E-state index is 3.95. The van der Waals surface area contributed by atoms with E-state index in [0.29, 0.717) is 0 Å². The largest absolute Gasteiger partial charge is 0.358 e. The molecule has 4 aromatic carbocycles. The third-order valence-corrected chi connectivity index (χ3v) is 9.84. The summed E-state index contributed by atoms with van der Waals surface area (Å²) in [5, 5.41) is 0. The second-order valence-corrected chi connectivity index (χ2v) is 18.2. The molecule has 8 rings (SSSR count). The van der Waals surface area contributed by atoms with Crippen LogP contribution in [0.2, 0.25) is 0 Å². The van der Waals surface area contributed by atoms with Crippen molar-refractivity contribution < 1.29 is 229 Å². The molecule has 0 saturated carbocycles. The molecule has 0 saturated heterocycles. The van der Waals surface area contributed by atoms with E-state index in [0.717, 1.165) is 44.5 Å². The van der Waals surface area contributed by atoms with Gasteiger partial charge < -0.3 is 52.0 Å². The Kier molecular flexibility index (Phi) is 144. The first-order valence-electron chi connectivity index (χ1n) is 26.9. The number of nitrogens with zero attached hydrogens (tertiary/aromatic N) is 4. The van der Waals surface area contributed by atoms with Crippen molar-refractivity contribution >= 4 is 46.6 Å². The third-order valence-electron chi connectivity index (χ3n) is 9.84. The molecular weight excluding hydrogens is 1700 g/mol. The van der Waals surface area contributed by atoms with E-state index in [-0.39, 0.29) is 288 Å². The van der Waals surface area contributed by atoms with Crippen LogP contribution in [0, 0.1) is 79.7 Å². The number of aromatic nitrogens is 4. The Bertz CT molecular complexity index is 2900. The quantitative estimate of drug-likeness (QED) is 0.112. The number of hydrogen-bond donors (Lipinski definition) is 0. The maximum atomic E-state index is 3.95. The van der Waals surface area contributed by atoms with Crippen LogP contribution in [0.4, 0.5) is 0 Å². The van der Waals surface area contributed by atoms with Crippen LogP contribution in [0.25, 0.3) is 46.6 Å². The Hall–Kier alpha value is -1.39. The van der Waals surface area contributed by atoms with E-state index >= 15 is 0 Å². The Morgan fingerprint density at radius 2 is 0.594 bits per heavy atom. The first-order valence-corrected chi connectivity index (χ1v) is 26.9. The number of allylic oxidation sites excluding steroid dienone is 6. The van der Waals surface area contributed by atoms with Gasteiger partial charge in [0, 0.05) is 279 Å². The summed E-state index contributed by atoms with van der Waals surface area (Å²) in [6.07, 6.45) is 23.1. The monoisotopic (exact) mass is 1820 g/mol. The standard InChI is InChI=1S/2C10H12.2C9H10.2C8H9N.2C7H7N.C4H8.C3H6.C2H6.CH4.7CH3.7Y/c1-8(2)10-6-4-9(3)5-7-10;1-8(2)10-6-4-5-9(3)7-10;1-3-9-6-4-8(2)5-7-9;1-3-9-6-4-5-8(2)7-9;1-7(2)8-3-5-9-6-4-8;1-7(2)8-4-3-5-9-6-8;1-2-7-3-5-8-6-4-7;1-2-7-4-3-5-8-6-7;1-4(2)3;1-3-2;1-2;;;;;;;;;;;;;;;/h2*4-7H,1H2,2-3H3;2*3-7H,1H2,2H3;2*3-6H,1H2,2H3;2*2-6H,1H2;1H2,2-3H3;3H,1H2,2H3;1-2H3;1H4;7*1H3;;;;;;;/q;;;;;;;;;;;;7*-1;;;;;;;. The average molecular weight is 1820 g/mol. The molecule has 0 amide bonds. The maximum Gasteiger partial charge on any atom is 0.0342 e. The minimum Gasteiger partial charge on any atom is -0.358 e. The summed E-state index contributed by atoms with van der Waals surface area (Å²) in [5.41, 5.74) is 20.0. The van der Waals surface area contributed by atoms with Crippen LogP contribution in [0.1, 0.15) is 137 Å². The summed E-state index contributed by atoms with van der Waals surface area (Å²) < 4.78 is 0. The molecule has 4 heterocycles. The smallest absolute Gasteiger partial charge is 0.0342 e. The average Bonchev–Trinajstić information content (AvgIpc) is 3.66. The van der Waals surface area contributed by atoms with Gasteiger partial charge in [0.2, 0.25) is 0 Å². The van der Waals surface area contributed by atoms with E-state index in [1.165, 1.54) is 50.1 Å². The zero-order chi connectivity index (χ0) is 61.8. The van der Waals surface area contributed by atoms with Crippen LogP contribution in [0.15, 0.2) is 273 Å². The van der Waals surface area contributed by atoms with Crippen molar-refractivity contribution in [3.05, 3.63) is 391 Å². The molecule has 8 aromatic rings. The number of rotatable bonds is 8. The molecule has 0 N–H and O–H groups in total. The molecule has 0 aliphatic rings. The van der Waals surface area contributed by atoms with Crippen molar-refractivity contribution in [2.75, 3.05) is 0 Å². The predicted octanol–water partition coefficient (Wildman–Crippen LogP) is 26.6.